The molecule has 1 aliphatic rings. The molecule has 2 heterocycles. The van der Waals surface area contributed by atoms with Crippen LogP contribution < -0.4 is 14.8 Å². The number of nitrogens with one attached hydrogen (secondary N) is 2. The van der Waals surface area contributed by atoms with Gasteiger partial charge in [0.2, 0.25) is 11.8 Å². The molecule has 0 fully saturated rings. The highest BCUT2D eigenvalue weighted by atomic mass is 32.2. The van der Waals surface area contributed by atoms with Gasteiger partial charge in [0.1, 0.15) is 6.61 Å². The van der Waals surface area contributed by atoms with Crippen LogP contribution in [0.4, 0.5) is 19.1 Å². The Kier molecular flexibility index (Phi) is 6.41. The van der Waals surface area contributed by atoms with E-state index in [4.69, 9.17) is 4.74 Å². The van der Waals surface area contributed by atoms with Crippen molar-refractivity contribution in [2.75, 3.05) is 11.3 Å². The van der Waals surface area contributed by atoms with Crippen LogP contribution in [0.25, 0.3) is 11.3 Å². The van der Waals surface area contributed by atoms with E-state index >= 15 is 0 Å². The molecular formula is C23H21F3N4O4S. The lowest BCUT2D eigenvalue weighted by atomic mass is 10.00. The number of anilines is 1. The molecule has 1 atom stereocenters. The van der Waals surface area contributed by atoms with Gasteiger partial charge in [-0.1, -0.05) is 24.3 Å². The number of amides is 1. The SMILES string of the molecule is Cc1cccc(C)c1-c1cc2nc(n1)NS(=O)(=O)c1cccc(c1)C(=O)NC(CC(F)(F)F)CO2. The van der Waals surface area contributed by atoms with Crippen LogP contribution >= 0.6 is 0 Å². The zero-order valence-electron chi connectivity index (χ0n) is 18.7. The summed E-state index contributed by atoms with van der Waals surface area (Å²) in [6.07, 6.45) is -5.93. The molecule has 4 rings (SSSR count). The lowest BCUT2D eigenvalue weighted by Gasteiger charge is -2.21. The van der Waals surface area contributed by atoms with Crippen LogP contribution in [-0.2, 0) is 10.0 Å². The van der Waals surface area contributed by atoms with Crippen molar-refractivity contribution in [3.8, 4) is 17.1 Å². The van der Waals surface area contributed by atoms with Gasteiger partial charge in [-0.25, -0.2) is 18.1 Å². The number of alkyl halides is 3. The molecular weight excluding hydrogens is 485 g/mol. The lowest BCUT2D eigenvalue weighted by molar-refractivity contribution is -0.141. The monoisotopic (exact) mass is 506 g/mol. The zero-order chi connectivity index (χ0) is 25.4. The first-order valence-electron chi connectivity index (χ1n) is 10.5. The van der Waals surface area contributed by atoms with Gasteiger partial charge in [0.05, 0.1) is 23.1 Å². The molecule has 2 N–H and O–H groups in total. The molecule has 1 aromatic heterocycles. The van der Waals surface area contributed by atoms with Gasteiger partial charge in [-0.3, -0.25) is 4.79 Å². The first-order valence-corrected chi connectivity index (χ1v) is 12.0. The average molecular weight is 507 g/mol. The number of fused-ring (bicyclic) bond motifs is 4. The van der Waals surface area contributed by atoms with E-state index in [1.807, 2.05) is 32.0 Å². The zero-order valence-corrected chi connectivity index (χ0v) is 19.5. The maximum atomic E-state index is 13.2. The number of carbonyl (C=O) groups is 1. The number of sulfonamides is 1. The van der Waals surface area contributed by atoms with Crippen molar-refractivity contribution in [2.24, 2.45) is 0 Å². The van der Waals surface area contributed by atoms with Gasteiger partial charge in [-0.15, -0.1) is 0 Å². The molecule has 8 nitrogen and oxygen atoms in total. The third-order valence-corrected chi connectivity index (χ3v) is 6.64. The Morgan fingerprint density at radius 1 is 1.06 bits per heavy atom. The minimum absolute atomic E-state index is 0.122. The third-order valence-electron chi connectivity index (χ3n) is 5.32. The van der Waals surface area contributed by atoms with Gasteiger partial charge in [-0.2, -0.15) is 18.2 Å². The summed E-state index contributed by atoms with van der Waals surface area (Å²) in [5, 5.41) is 2.28. The fourth-order valence-electron chi connectivity index (χ4n) is 3.76. The van der Waals surface area contributed by atoms with Crippen LogP contribution in [0.3, 0.4) is 0 Å². The molecule has 3 aromatic rings. The number of ether oxygens (including phenoxy) is 1. The Hall–Kier alpha value is -3.67. The molecule has 1 amide bonds. The highest BCUT2D eigenvalue weighted by molar-refractivity contribution is 7.92. The summed E-state index contributed by atoms with van der Waals surface area (Å²) in [6, 6.07) is 10.4. The molecule has 0 aliphatic carbocycles. The van der Waals surface area contributed by atoms with Gasteiger partial charge in [0.15, 0.2) is 0 Å². The van der Waals surface area contributed by atoms with Crippen molar-refractivity contribution < 1.29 is 31.1 Å². The number of aryl methyl sites for hydroxylation is 2. The number of rotatable bonds is 2. The van der Waals surface area contributed by atoms with E-state index in [0.29, 0.717) is 11.3 Å². The van der Waals surface area contributed by atoms with Gasteiger partial charge >= 0.3 is 6.18 Å². The van der Waals surface area contributed by atoms with Crippen molar-refractivity contribution in [3.63, 3.8) is 0 Å². The molecule has 0 spiro atoms. The summed E-state index contributed by atoms with van der Waals surface area (Å²) < 4.78 is 73.3. The van der Waals surface area contributed by atoms with E-state index in [0.717, 1.165) is 17.2 Å². The number of carbonyl (C=O) groups excluding carboxylic acids is 1. The molecule has 35 heavy (non-hydrogen) atoms. The Bertz CT molecular complexity index is 1370. The van der Waals surface area contributed by atoms with E-state index < -0.39 is 41.2 Å². The first kappa shape index (κ1) is 24.5. The lowest BCUT2D eigenvalue weighted by Crippen LogP contribution is -2.42. The number of hydrogen-bond acceptors (Lipinski definition) is 6. The highest BCUT2D eigenvalue weighted by Crippen LogP contribution is 2.30. The summed E-state index contributed by atoms with van der Waals surface area (Å²) >= 11 is 0. The maximum Gasteiger partial charge on any atom is 0.391 e. The second-order valence-electron chi connectivity index (χ2n) is 8.12. The maximum absolute atomic E-state index is 13.2. The van der Waals surface area contributed by atoms with Gasteiger partial charge < -0.3 is 10.1 Å². The summed E-state index contributed by atoms with van der Waals surface area (Å²) in [5.41, 5.74) is 2.59. The molecule has 1 aliphatic heterocycles. The molecule has 2 aromatic carbocycles. The molecule has 0 saturated carbocycles. The number of aromatic nitrogens is 2. The molecule has 4 bridgehead atoms. The summed E-state index contributed by atoms with van der Waals surface area (Å²) in [5.74, 6) is -1.34. The summed E-state index contributed by atoms with van der Waals surface area (Å²) in [4.78, 5) is 20.7. The molecule has 12 heteroatoms. The average Bonchev–Trinajstić information content (AvgIpc) is 2.76. The number of hydrogen-bond donors (Lipinski definition) is 2. The topological polar surface area (TPSA) is 110 Å². The number of benzene rings is 2. The van der Waals surface area contributed by atoms with Crippen molar-refractivity contribution in [2.45, 2.75) is 37.4 Å². The van der Waals surface area contributed by atoms with Crippen LogP contribution in [0.5, 0.6) is 5.88 Å². The minimum atomic E-state index is -4.58. The van der Waals surface area contributed by atoms with Crippen molar-refractivity contribution in [1.29, 1.82) is 0 Å². The van der Waals surface area contributed by atoms with Crippen molar-refractivity contribution >= 4 is 21.9 Å². The largest absolute Gasteiger partial charge is 0.475 e. The van der Waals surface area contributed by atoms with Crippen LogP contribution in [0.15, 0.2) is 53.4 Å². The number of halogens is 3. The normalized spacial score (nSPS) is 17.6. The molecule has 1 unspecified atom stereocenters. The minimum Gasteiger partial charge on any atom is -0.475 e. The Balaban J connectivity index is 1.86. The van der Waals surface area contributed by atoms with E-state index in [9.17, 15) is 26.4 Å². The van der Waals surface area contributed by atoms with E-state index in [1.165, 1.54) is 24.3 Å². The van der Waals surface area contributed by atoms with Crippen molar-refractivity contribution in [3.05, 3.63) is 65.2 Å². The molecule has 184 valence electrons. The van der Waals surface area contributed by atoms with Crippen LogP contribution in [-0.4, -0.2) is 43.1 Å². The fourth-order valence-corrected chi connectivity index (χ4v) is 4.75. The quantitative estimate of drug-likeness (QED) is 0.544. The molecule has 0 radical (unpaired) electrons. The summed E-state index contributed by atoms with van der Waals surface area (Å²) in [7, 11) is -4.23. The third kappa shape index (κ3) is 5.70. The van der Waals surface area contributed by atoms with Gasteiger partial charge in [0, 0.05) is 17.2 Å². The van der Waals surface area contributed by atoms with E-state index in [1.54, 1.807) is 0 Å². The van der Waals surface area contributed by atoms with Gasteiger partial charge in [0.25, 0.3) is 15.9 Å². The Morgan fingerprint density at radius 3 is 2.43 bits per heavy atom. The van der Waals surface area contributed by atoms with Crippen molar-refractivity contribution in [1.82, 2.24) is 15.3 Å². The smallest absolute Gasteiger partial charge is 0.391 e. The second-order valence-corrected chi connectivity index (χ2v) is 9.80. The first-order chi connectivity index (χ1) is 16.4. The predicted octanol–water partition coefficient (Wildman–Crippen LogP) is 4.00. The fraction of sp³-hybridized carbons (Fsp3) is 0.261. The standard InChI is InChI=1S/C23H21F3N4O4S/c1-13-5-3-6-14(2)20(13)18-10-19-29-22(28-18)30-35(32,33)17-8-4-7-15(9-17)21(31)27-16(12-34-19)11-23(24,25)26/h3-10,16H,11-12H2,1-2H3,(H,27,31)(H,28,29,30). The summed E-state index contributed by atoms with van der Waals surface area (Å²) in [6.45, 7) is 3.13. The predicted molar refractivity (Wildman–Crippen MR) is 122 cm³/mol. The Labute approximate surface area is 199 Å². The van der Waals surface area contributed by atoms with Crippen LogP contribution in [0.2, 0.25) is 0 Å². The Morgan fingerprint density at radius 2 is 1.74 bits per heavy atom. The highest BCUT2D eigenvalue weighted by Gasteiger charge is 2.34. The van der Waals surface area contributed by atoms with Gasteiger partial charge in [-0.05, 0) is 43.2 Å². The molecule has 0 saturated heterocycles. The van der Waals surface area contributed by atoms with E-state index in [-0.39, 0.29) is 22.3 Å². The van der Waals surface area contributed by atoms with Crippen LogP contribution in [0, 0.1) is 13.8 Å². The van der Waals surface area contributed by atoms with Crippen LogP contribution in [0.1, 0.15) is 27.9 Å². The second kappa shape index (κ2) is 9.17. The number of nitrogens with zero attached hydrogens (tertiary/aromatic N) is 2. The van der Waals surface area contributed by atoms with E-state index in [2.05, 4.69) is 20.0 Å².